The third kappa shape index (κ3) is 2.36. The Bertz CT molecular complexity index is 645. The molecule has 0 spiro atoms. The Morgan fingerprint density at radius 2 is 1.95 bits per heavy atom. The normalized spacial score (nSPS) is 11.3. The zero-order chi connectivity index (χ0) is 13.8. The molecular formula is C15H15N3O. The predicted octanol–water partition coefficient (Wildman–Crippen LogP) is 3.15. The van der Waals surface area contributed by atoms with E-state index in [4.69, 9.17) is 10.5 Å². The molecule has 0 aliphatic rings. The molecule has 1 N–H and O–H groups in total. The number of hydrogen-bond donors (Lipinski definition) is 1. The molecule has 0 amide bonds. The maximum absolute atomic E-state index is 8.95. The van der Waals surface area contributed by atoms with Gasteiger partial charge in [0.15, 0.2) is 0 Å². The summed E-state index contributed by atoms with van der Waals surface area (Å²) in [6.07, 6.45) is 0.679. The molecule has 0 radical (unpaired) electrons. The van der Waals surface area contributed by atoms with Crippen molar-refractivity contribution in [3.05, 3.63) is 47.7 Å². The van der Waals surface area contributed by atoms with E-state index in [2.05, 4.69) is 11.2 Å². The van der Waals surface area contributed by atoms with E-state index in [9.17, 15) is 0 Å². The molecular weight excluding hydrogens is 238 g/mol. The van der Waals surface area contributed by atoms with E-state index in [-0.39, 0.29) is 0 Å². The number of aromatic nitrogens is 1. The summed E-state index contributed by atoms with van der Waals surface area (Å²) in [7, 11) is 1.87. The first-order valence-corrected chi connectivity index (χ1v) is 6.08. The monoisotopic (exact) mass is 253 g/mol. The van der Waals surface area contributed by atoms with Gasteiger partial charge < -0.3 is 9.77 Å². The highest BCUT2D eigenvalue weighted by Crippen LogP contribution is 2.22. The van der Waals surface area contributed by atoms with Crippen LogP contribution in [-0.4, -0.2) is 15.5 Å². The molecule has 4 nitrogen and oxygen atoms in total. The summed E-state index contributed by atoms with van der Waals surface area (Å²) in [5.41, 5.74) is 4.22. The lowest BCUT2D eigenvalue weighted by Gasteiger charge is -2.06. The van der Waals surface area contributed by atoms with E-state index in [1.54, 1.807) is 6.07 Å². The molecule has 2 rings (SSSR count). The van der Waals surface area contributed by atoms with Gasteiger partial charge in [-0.05, 0) is 29.7 Å². The number of hydrogen-bond acceptors (Lipinski definition) is 3. The first kappa shape index (κ1) is 12.9. The highest BCUT2D eigenvalue weighted by atomic mass is 16.4. The van der Waals surface area contributed by atoms with Crippen LogP contribution < -0.4 is 0 Å². The molecule has 0 saturated heterocycles. The summed E-state index contributed by atoms with van der Waals surface area (Å²) in [5, 5.41) is 21.1. The van der Waals surface area contributed by atoms with E-state index in [1.165, 1.54) is 0 Å². The molecule has 1 aromatic carbocycles. The maximum Gasteiger partial charge on any atom is 0.120 e. The number of oxime groups is 1. The molecule has 0 aliphatic heterocycles. The third-order valence-corrected chi connectivity index (χ3v) is 3.21. The lowest BCUT2D eigenvalue weighted by Crippen LogP contribution is -1.99. The first-order valence-electron chi connectivity index (χ1n) is 6.08. The van der Waals surface area contributed by atoms with Crippen LogP contribution in [0.15, 0.2) is 41.6 Å². The van der Waals surface area contributed by atoms with E-state index < -0.39 is 0 Å². The van der Waals surface area contributed by atoms with Crippen LogP contribution >= 0.6 is 0 Å². The van der Waals surface area contributed by atoms with Gasteiger partial charge in [0.2, 0.25) is 0 Å². The minimum atomic E-state index is 0.630. The molecule has 0 bridgehead atoms. The summed E-state index contributed by atoms with van der Waals surface area (Å²) < 4.78 is 1.86. The molecule has 1 aromatic heterocycles. The van der Waals surface area contributed by atoms with Crippen LogP contribution in [-0.2, 0) is 7.05 Å². The van der Waals surface area contributed by atoms with Crippen molar-refractivity contribution < 1.29 is 5.21 Å². The lowest BCUT2D eigenvalue weighted by molar-refractivity contribution is 0.318. The Morgan fingerprint density at radius 1 is 1.26 bits per heavy atom. The molecule has 19 heavy (non-hydrogen) atoms. The van der Waals surface area contributed by atoms with Gasteiger partial charge in [-0.25, -0.2) is 0 Å². The molecule has 1 heterocycles. The van der Waals surface area contributed by atoms with Gasteiger partial charge in [0.25, 0.3) is 0 Å². The second-order valence-corrected chi connectivity index (χ2v) is 4.25. The van der Waals surface area contributed by atoms with Crippen molar-refractivity contribution in [1.29, 1.82) is 5.26 Å². The zero-order valence-electron chi connectivity index (χ0n) is 11.0. The molecule has 2 aromatic rings. The zero-order valence-corrected chi connectivity index (χ0v) is 11.0. The molecule has 0 aliphatic carbocycles. The topological polar surface area (TPSA) is 61.3 Å². The van der Waals surface area contributed by atoms with E-state index in [0.29, 0.717) is 17.8 Å². The first-order chi connectivity index (χ1) is 9.21. The third-order valence-electron chi connectivity index (χ3n) is 3.21. The highest BCUT2D eigenvalue weighted by molar-refractivity contribution is 6.00. The Morgan fingerprint density at radius 3 is 2.42 bits per heavy atom. The van der Waals surface area contributed by atoms with Gasteiger partial charge in [-0.3, -0.25) is 0 Å². The van der Waals surface area contributed by atoms with Crippen molar-refractivity contribution in [1.82, 2.24) is 4.57 Å². The Kier molecular flexibility index (Phi) is 3.67. The minimum absolute atomic E-state index is 0.630. The Hall–Kier alpha value is -2.54. The number of rotatable bonds is 3. The maximum atomic E-state index is 8.95. The van der Waals surface area contributed by atoms with E-state index in [1.807, 2.05) is 48.9 Å². The van der Waals surface area contributed by atoms with Gasteiger partial charge in [0, 0.05) is 12.7 Å². The summed E-state index contributed by atoms with van der Waals surface area (Å²) in [6, 6.07) is 13.6. The van der Waals surface area contributed by atoms with E-state index in [0.717, 1.165) is 16.8 Å². The summed E-state index contributed by atoms with van der Waals surface area (Å²) >= 11 is 0. The fourth-order valence-electron chi connectivity index (χ4n) is 2.08. The molecule has 4 heteroatoms. The molecule has 0 fully saturated rings. The predicted molar refractivity (Wildman–Crippen MR) is 74.2 cm³/mol. The average Bonchev–Trinajstić information content (AvgIpc) is 2.82. The summed E-state index contributed by atoms with van der Waals surface area (Å²) in [4.78, 5) is 0. The van der Waals surface area contributed by atoms with Gasteiger partial charge in [0.1, 0.15) is 11.8 Å². The average molecular weight is 253 g/mol. The van der Waals surface area contributed by atoms with Crippen molar-refractivity contribution in [2.24, 2.45) is 12.2 Å². The SMILES string of the molecule is CC/C(=N/O)c1ccc(-c2ccc(C#N)n2C)cc1. The van der Waals surface area contributed by atoms with Crippen LogP contribution in [0.25, 0.3) is 11.3 Å². The van der Waals surface area contributed by atoms with Gasteiger partial charge >= 0.3 is 0 Å². The largest absolute Gasteiger partial charge is 0.411 e. The molecule has 0 atom stereocenters. The van der Waals surface area contributed by atoms with Gasteiger partial charge in [-0.2, -0.15) is 5.26 Å². The van der Waals surface area contributed by atoms with Crippen LogP contribution in [0.2, 0.25) is 0 Å². The van der Waals surface area contributed by atoms with Crippen molar-refractivity contribution in [3.8, 4) is 17.3 Å². The van der Waals surface area contributed by atoms with Crippen LogP contribution in [0.1, 0.15) is 24.6 Å². The fraction of sp³-hybridized carbons (Fsp3) is 0.200. The Balaban J connectivity index is 2.38. The smallest absolute Gasteiger partial charge is 0.120 e. The molecule has 96 valence electrons. The quantitative estimate of drug-likeness (QED) is 0.519. The Labute approximate surface area is 112 Å². The van der Waals surface area contributed by atoms with Crippen molar-refractivity contribution >= 4 is 5.71 Å². The van der Waals surface area contributed by atoms with E-state index >= 15 is 0 Å². The number of benzene rings is 1. The van der Waals surface area contributed by atoms with Crippen LogP contribution in [0.5, 0.6) is 0 Å². The second-order valence-electron chi connectivity index (χ2n) is 4.25. The molecule has 0 saturated carbocycles. The molecule has 0 unspecified atom stereocenters. The van der Waals surface area contributed by atoms with Crippen LogP contribution in [0.4, 0.5) is 0 Å². The minimum Gasteiger partial charge on any atom is -0.411 e. The summed E-state index contributed by atoms with van der Waals surface area (Å²) in [5.74, 6) is 0. The fourth-order valence-corrected chi connectivity index (χ4v) is 2.08. The van der Waals surface area contributed by atoms with Gasteiger partial charge in [0.05, 0.1) is 5.71 Å². The van der Waals surface area contributed by atoms with Gasteiger partial charge in [-0.15, -0.1) is 0 Å². The van der Waals surface area contributed by atoms with Gasteiger partial charge in [-0.1, -0.05) is 36.3 Å². The van der Waals surface area contributed by atoms with Crippen molar-refractivity contribution in [3.63, 3.8) is 0 Å². The number of nitriles is 1. The highest BCUT2D eigenvalue weighted by Gasteiger charge is 2.07. The second kappa shape index (κ2) is 5.40. The van der Waals surface area contributed by atoms with Crippen LogP contribution in [0, 0.1) is 11.3 Å². The lowest BCUT2D eigenvalue weighted by atomic mass is 10.0. The summed E-state index contributed by atoms with van der Waals surface area (Å²) in [6.45, 7) is 1.94. The van der Waals surface area contributed by atoms with Crippen LogP contribution in [0.3, 0.4) is 0 Å². The standard InChI is InChI=1S/C15H15N3O/c1-3-14(17-19)11-4-6-12(7-5-11)15-9-8-13(10-16)18(15)2/h4-9,19H,3H2,1-2H3/b17-14-. The van der Waals surface area contributed by atoms with Crippen molar-refractivity contribution in [2.75, 3.05) is 0 Å². The van der Waals surface area contributed by atoms with Crippen molar-refractivity contribution in [2.45, 2.75) is 13.3 Å². The number of nitrogens with zero attached hydrogens (tertiary/aromatic N) is 3.